The van der Waals surface area contributed by atoms with Crippen LogP contribution in [0.4, 0.5) is 0 Å². The van der Waals surface area contributed by atoms with E-state index < -0.39 is 10.0 Å². The van der Waals surface area contributed by atoms with Gasteiger partial charge in [0.2, 0.25) is 10.0 Å². The van der Waals surface area contributed by atoms with Crippen LogP contribution in [0.2, 0.25) is 0 Å². The van der Waals surface area contributed by atoms with Gasteiger partial charge < -0.3 is 5.32 Å². The number of aryl methyl sites for hydroxylation is 1. The summed E-state index contributed by atoms with van der Waals surface area (Å²) in [6, 6.07) is 3.68. The Morgan fingerprint density at radius 1 is 1.25 bits per heavy atom. The summed E-state index contributed by atoms with van der Waals surface area (Å²) in [5.74, 6) is 0. The first-order valence-corrected chi connectivity index (χ1v) is 8.78. The standard InChI is InChI=1S/C14H23BrN2O2S/c1-10-6-11(8-16-5)7-12(13(10)15)20(18,19)17-9-14(2,3)4/h6-7,16-17H,8-9H2,1-5H3. The van der Waals surface area contributed by atoms with E-state index in [1.807, 2.05) is 40.8 Å². The Kier molecular flexibility index (Phi) is 5.78. The molecule has 0 aliphatic carbocycles. The van der Waals surface area contributed by atoms with Gasteiger partial charge in [0, 0.05) is 17.6 Å². The number of nitrogens with one attached hydrogen (secondary N) is 2. The number of halogens is 1. The molecule has 0 amide bonds. The van der Waals surface area contributed by atoms with Gasteiger partial charge >= 0.3 is 0 Å². The summed E-state index contributed by atoms with van der Waals surface area (Å²) in [6.45, 7) is 8.91. The predicted molar refractivity (Wildman–Crippen MR) is 86.3 cm³/mol. The molecule has 20 heavy (non-hydrogen) atoms. The highest BCUT2D eigenvalue weighted by Crippen LogP contribution is 2.27. The quantitative estimate of drug-likeness (QED) is 0.846. The Labute approximate surface area is 130 Å². The zero-order valence-electron chi connectivity index (χ0n) is 12.7. The lowest BCUT2D eigenvalue weighted by atomic mass is 9.98. The molecule has 0 radical (unpaired) electrons. The van der Waals surface area contributed by atoms with Crippen LogP contribution in [0.5, 0.6) is 0 Å². The molecule has 0 bridgehead atoms. The lowest BCUT2D eigenvalue weighted by Crippen LogP contribution is -2.32. The molecule has 0 heterocycles. The third kappa shape index (κ3) is 4.84. The number of hydrogen-bond donors (Lipinski definition) is 2. The minimum atomic E-state index is -3.51. The van der Waals surface area contributed by atoms with Crippen LogP contribution in [0.3, 0.4) is 0 Å². The van der Waals surface area contributed by atoms with E-state index in [1.54, 1.807) is 6.07 Å². The molecule has 0 aliphatic rings. The first-order chi connectivity index (χ1) is 9.07. The normalized spacial score (nSPS) is 12.7. The monoisotopic (exact) mass is 362 g/mol. The molecular weight excluding hydrogens is 340 g/mol. The first-order valence-electron chi connectivity index (χ1n) is 6.50. The van der Waals surface area contributed by atoms with E-state index in [4.69, 9.17) is 0 Å². The van der Waals surface area contributed by atoms with Gasteiger partial charge in [-0.3, -0.25) is 0 Å². The highest BCUT2D eigenvalue weighted by Gasteiger charge is 2.22. The molecule has 0 aromatic heterocycles. The minimum Gasteiger partial charge on any atom is -0.316 e. The molecule has 0 aliphatic heterocycles. The van der Waals surface area contributed by atoms with Crippen molar-refractivity contribution >= 4 is 26.0 Å². The van der Waals surface area contributed by atoms with E-state index in [-0.39, 0.29) is 5.41 Å². The molecule has 0 spiro atoms. The fraction of sp³-hybridized carbons (Fsp3) is 0.571. The molecule has 0 saturated heterocycles. The zero-order valence-corrected chi connectivity index (χ0v) is 15.1. The van der Waals surface area contributed by atoms with Gasteiger partial charge in [-0.25, -0.2) is 13.1 Å². The lowest BCUT2D eigenvalue weighted by Gasteiger charge is -2.19. The third-order valence-corrected chi connectivity index (χ3v) is 5.48. The van der Waals surface area contributed by atoms with Gasteiger partial charge in [-0.15, -0.1) is 0 Å². The zero-order chi connectivity index (χ0) is 15.6. The fourth-order valence-electron chi connectivity index (χ4n) is 1.70. The van der Waals surface area contributed by atoms with Crippen molar-refractivity contribution < 1.29 is 8.42 Å². The van der Waals surface area contributed by atoms with Crippen molar-refractivity contribution in [2.24, 2.45) is 5.41 Å². The average Bonchev–Trinajstić information content (AvgIpc) is 2.30. The van der Waals surface area contributed by atoms with Gasteiger partial charge in [-0.2, -0.15) is 0 Å². The maximum Gasteiger partial charge on any atom is 0.241 e. The molecule has 1 aromatic carbocycles. The van der Waals surface area contributed by atoms with Crippen molar-refractivity contribution in [3.63, 3.8) is 0 Å². The summed E-state index contributed by atoms with van der Waals surface area (Å²) in [5.41, 5.74) is 1.76. The van der Waals surface area contributed by atoms with Crippen molar-refractivity contribution in [1.82, 2.24) is 10.0 Å². The van der Waals surface area contributed by atoms with Crippen molar-refractivity contribution in [3.8, 4) is 0 Å². The van der Waals surface area contributed by atoms with Crippen LogP contribution in [0.15, 0.2) is 21.5 Å². The van der Waals surface area contributed by atoms with Gasteiger partial charge in [-0.1, -0.05) is 26.8 Å². The molecule has 2 N–H and O–H groups in total. The highest BCUT2D eigenvalue weighted by atomic mass is 79.9. The van der Waals surface area contributed by atoms with Crippen LogP contribution in [-0.4, -0.2) is 22.0 Å². The topological polar surface area (TPSA) is 58.2 Å². The van der Waals surface area contributed by atoms with Crippen molar-refractivity contribution in [2.45, 2.75) is 39.1 Å². The van der Waals surface area contributed by atoms with E-state index >= 15 is 0 Å². The SMILES string of the molecule is CNCc1cc(C)c(Br)c(S(=O)(=O)NCC(C)(C)C)c1. The van der Waals surface area contributed by atoms with E-state index in [0.717, 1.165) is 11.1 Å². The summed E-state index contributed by atoms with van der Waals surface area (Å²) < 4.78 is 28.2. The Morgan fingerprint density at radius 2 is 1.85 bits per heavy atom. The molecular formula is C14H23BrN2O2S. The Balaban J connectivity index is 3.17. The van der Waals surface area contributed by atoms with Crippen LogP contribution < -0.4 is 10.0 Å². The van der Waals surface area contributed by atoms with E-state index in [9.17, 15) is 8.42 Å². The minimum absolute atomic E-state index is 0.100. The lowest BCUT2D eigenvalue weighted by molar-refractivity contribution is 0.407. The van der Waals surface area contributed by atoms with E-state index in [0.29, 0.717) is 22.5 Å². The van der Waals surface area contributed by atoms with Crippen LogP contribution in [-0.2, 0) is 16.6 Å². The molecule has 6 heteroatoms. The van der Waals surface area contributed by atoms with Crippen molar-refractivity contribution in [2.75, 3.05) is 13.6 Å². The number of hydrogen-bond acceptors (Lipinski definition) is 3. The molecule has 0 saturated carbocycles. The fourth-order valence-corrected chi connectivity index (χ4v) is 4.05. The van der Waals surface area contributed by atoms with Gasteiger partial charge in [0.1, 0.15) is 0 Å². The summed E-state index contributed by atoms with van der Waals surface area (Å²) >= 11 is 3.38. The van der Waals surface area contributed by atoms with E-state index in [2.05, 4.69) is 26.0 Å². The molecule has 1 aromatic rings. The summed E-state index contributed by atoms with van der Waals surface area (Å²) in [7, 11) is -1.68. The Bertz CT molecular complexity index is 578. The van der Waals surface area contributed by atoms with Gasteiger partial charge in [0.05, 0.1) is 4.90 Å². The van der Waals surface area contributed by atoms with Gasteiger partial charge in [0.15, 0.2) is 0 Å². The molecule has 0 fully saturated rings. The van der Waals surface area contributed by atoms with E-state index in [1.165, 1.54) is 0 Å². The van der Waals surface area contributed by atoms with Crippen LogP contribution in [0, 0.1) is 12.3 Å². The second-order valence-electron chi connectivity index (χ2n) is 6.14. The second-order valence-corrected chi connectivity index (χ2v) is 8.67. The van der Waals surface area contributed by atoms with Crippen LogP contribution in [0.25, 0.3) is 0 Å². The average molecular weight is 363 g/mol. The summed E-state index contributed by atoms with van der Waals surface area (Å²) in [4.78, 5) is 0.298. The third-order valence-electron chi connectivity index (χ3n) is 2.74. The molecule has 0 unspecified atom stereocenters. The van der Waals surface area contributed by atoms with Gasteiger partial charge in [-0.05, 0) is 52.5 Å². The van der Waals surface area contributed by atoms with Crippen molar-refractivity contribution in [3.05, 3.63) is 27.7 Å². The van der Waals surface area contributed by atoms with Crippen LogP contribution >= 0.6 is 15.9 Å². The molecule has 4 nitrogen and oxygen atoms in total. The number of sulfonamides is 1. The largest absolute Gasteiger partial charge is 0.316 e. The molecule has 1 rings (SSSR count). The first kappa shape index (κ1) is 17.6. The number of rotatable bonds is 5. The van der Waals surface area contributed by atoms with Crippen LogP contribution in [0.1, 0.15) is 31.9 Å². The molecule has 114 valence electrons. The molecule has 0 atom stereocenters. The highest BCUT2D eigenvalue weighted by molar-refractivity contribution is 9.10. The second kappa shape index (κ2) is 6.56. The number of benzene rings is 1. The smallest absolute Gasteiger partial charge is 0.241 e. The Morgan fingerprint density at radius 3 is 2.35 bits per heavy atom. The van der Waals surface area contributed by atoms with Crippen molar-refractivity contribution in [1.29, 1.82) is 0 Å². The maximum atomic E-state index is 12.4. The Hall–Kier alpha value is -0.430. The summed E-state index contributed by atoms with van der Waals surface area (Å²) in [5, 5.41) is 3.04. The predicted octanol–water partition coefficient (Wildman–Crippen LogP) is 2.80. The maximum absolute atomic E-state index is 12.4. The summed E-state index contributed by atoms with van der Waals surface area (Å²) in [6.07, 6.45) is 0. The van der Waals surface area contributed by atoms with Gasteiger partial charge in [0.25, 0.3) is 0 Å².